The second-order valence-corrected chi connectivity index (χ2v) is 5.08. The maximum Gasteiger partial charge on any atom is 0.101 e. The third kappa shape index (κ3) is 1.99. The highest BCUT2D eigenvalue weighted by Gasteiger charge is 2.14. The molecule has 1 heterocycles. The number of nitrogens with zero attached hydrogens (tertiary/aromatic N) is 1. The van der Waals surface area contributed by atoms with Gasteiger partial charge in [0, 0.05) is 12.5 Å². The summed E-state index contributed by atoms with van der Waals surface area (Å²) in [4.78, 5) is 4.54. The fourth-order valence-corrected chi connectivity index (χ4v) is 2.57. The minimum absolute atomic E-state index is 0.487. The van der Waals surface area contributed by atoms with E-state index in [9.17, 15) is 0 Å². The summed E-state index contributed by atoms with van der Waals surface area (Å²) in [5, 5.41) is 6.09. The summed E-state index contributed by atoms with van der Waals surface area (Å²) in [5.74, 6) is 1.13. The Kier molecular flexibility index (Phi) is 2.78. The minimum Gasteiger partial charge on any atom is -0.369 e. The Hall–Kier alpha value is -1.83. The van der Waals surface area contributed by atoms with E-state index in [1.807, 2.05) is 0 Å². The zero-order valence-corrected chi connectivity index (χ0v) is 10.9. The van der Waals surface area contributed by atoms with E-state index in [2.05, 4.69) is 60.6 Å². The summed E-state index contributed by atoms with van der Waals surface area (Å²) in [5.41, 5.74) is 2.74. The fourth-order valence-electron chi connectivity index (χ4n) is 2.57. The lowest BCUT2D eigenvalue weighted by molar-refractivity contribution is 0.723. The largest absolute Gasteiger partial charge is 0.369 e. The van der Waals surface area contributed by atoms with Crippen LogP contribution < -0.4 is 5.32 Å². The average Bonchev–Trinajstić information content (AvgIpc) is 2.79. The van der Waals surface area contributed by atoms with Crippen LogP contribution in [0.2, 0.25) is 0 Å². The van der Waals surface area contributed by atoms with Crippen molar-refractivity contribution in [2.75, 3.05) is 6.54 Å². The van der Waals surface area contributed by atoms with Gasteiger partial charge in [-0.25, -0.2) is 0 Å². The van der Waals surface area contributed by atoms with Crippen molar-refractivity contribution < 1.29 is 0 Å². The fraction of sp³-hybridized carbons (Fsp3) is 0.312. The maximum atomic E-state index is 4.54. The van der Waals surface area contributed by atoms with Crippen LogP contribution in [0.15, 0.2) is 41.4 Å². The van der Waals surface area contributed by atoms with E-state index in [-0.39, 0.29) is 0 Å². The lowest BCUT2D eigenvalue weighted by Crippen LogP contribution is -2.28. The van der Waals surface area contributed by atoms with Crippen molar-refractivity contribution in [3.63, 3.8) is 0 Å². The predicted molar refractivity (Wildman–Crippen MR) is 77.3 cm³/mol. The molecule has 2 nitrogen and oxygen atoms in total. The number of hydrogen-bond donors (Lipinski definition) is 1. The molecular weight excluding hydrogens is 220 g/mol. The highest BCUT2D eigenvalue weighted by molar-refractivity contribution is 5.90. The van der Waals surface area contributed by atoms with Gasteiger partial charge < -0.3 is 5.32 Å². The molecular formula is C16H18N2. The molecule has 0 radical (unpaired) electrons. The number of amidine groups is 1. The van der Waals surface area contributed by atoms with Crippen LogP contribution in [0.25, 0.3) is 10.8 Å². The zero-order chi connectivity index (χ0) is 12.5. The molecule has 1 atom stereocenters. The van der Waals surface area contributed by atoms with Gasteiger partial charge >= 0.3 is 0 Å². The topological polar surface area (TPSA) is 24.4 Å². The first kappa shape index (κ1) is 11.3. The Labute approximate surface area is 108 Å². The molecule has 2 heteroatoms. The predicted octanol–water partition coefficient (Wildman–Crippen LogP) is 3.08. The van der Waals surface area contributed by atoms with Crippen molar-refractivity contribution in [3.05, 3.63) is 47.5 Å². The van der Waals surface area contributed by atoms with Gasteiger partial charge in [0.25, 0.3) is 0 Å². The summed E-state index contributed by atoms with van der Waals surface area (Å²) >= 11 is 0. The van der Waals surface area contributed by atoms with Gasteiger partial charge in [0.05, 0.1) is 6.54 Å². The molecule has 0 spiro atoms. The SMILES string of the molecule is Cc1c(CC2=NCC(C)N2)ccc2ccccc12. The van der Waals surface area contributed by atoms with Gasteiger partial charge in [-0.2, -0.15) is 0 Å². The molecule has 18 heavy (non-hydrogen) atoms. The Morgan fingerprint density at radius 3 is 2.83 bits per heavy atom. The summed E-state index contributed by atoms with van der Waals surface area (Å²) < 4.78 is 0. The molecule has 1 unspecified atom stereocenters. The molecule has 3 rings (SSSR count). The molecule has 0 aromatic heterocycles. The van der Waals surface area contributed by atoms with E-state index in [4.69, 9.17) is 0 Å². The first-order valence-electron chi connectivity index (χ1n) is 6.51. The molecule has 0 aliphatic carbocycles. The first-order valence-corrected chi connectivity index (χ1v) is 6.51. The third-order valence-electron chi connectivity index (χ3n) is 3.64. The van der Waals surface area contributed by atoms with Crippen LogP contribution in [0.5, 0.6) is 0 Å². The van der Waals surface area contributed by atoms with Gasteiger partial charge in [0.2, 0.25) is 0 Å². The summed E-state index contributed by atoms with van der Waals surface area (Å²) in [6.45, 7) is 5.28. The van der Waals surface area contributed by atoms with Crippen molar-refractivity contribution >= 4 is 16.6 Å². The zero-order valence-electron chi connectivity index (χ0n) is 10.9. The smallest absolute Gasteiger partial charge is 0.101 e. The van der Waals surface area contributed by atoms with Crippen LogP contribution in [0.4, 0.5) is 0 Å². The van der Waals surface area contributed by atoms with Gasteiger partial charge in [0.15, 0.2) is 0 Å². The van der Waals surface area contributed by atoms with Gasteiger partial charge in [-0.15, -0.1) is 0 Å². The second kappa shape index (κ2) is 4.45. The van der Waals surface area contributed by atoms with Crippen molar-refractivity contribution in [2.45, 2.75) is 26.3 Å². The van der Waals surface area contributed by atoms with Crippen molar-refractivity contribution in [1.82, 2.24) is 5.32 Å². The van der Waals surface area contributed by atoms with E-state index >= 15 is 0 Å². The van der Waals surface area contributed by atoms with Crippen molar-refractivity contribution in [3.8, 4) is 0 Å². The summed E-state index contributed by atoms with van der Waals surface area (Å²) in [6, 6.07) is 13.5. The lowest BCUT2D eigenvalue weighted by atomic mass is 9.98. The maximum absolute atomic E-state index is 4.54. The van der Waals surface area contributed by atoms with Gasteiger partial charge in [-0.05, 0) is 35.7 Å². The number of hydrogen-bond acceptors (Lipinski definition) is 2. The van der Waals surface area contributed by atoms with Crippen LogP contribution in [0.1, 0.15) is 18.1 Å². The standard InChI is InChI=1S/C16H18N2/c1-11-10-17-16(18-11)9-14-8-7-13-5-3-4-6-15(13)12(14)2/h3-8,11H,9-10H2,1-2H3,(H,17,18). The molecule has 0 amide bonds. The number of aliphatic imine (C=N–C) groups is 1. The van der Waals surface area contributed by atoms with Crippen LogP contribution in [-0.2, 0) is 6.42 Å². The van der Waals surface area contributed by atoms with Crippen LogP contribution in [0, 0.1) is 6.92 Å². The molecule has 1 N–H and O–H groups in total. The minimum atomic E-state index is 0.487. The molecule has 1 aliphatic heterocycles. The normalized spacial score (nSPS) is 18.8. The lowest BCUT2D eigenvalue weighted by Gasteiger charge is -2.11. The number of benzene rings is 2. The van der Waals surface area contributed by atoms with E-state index in [1.165, 1.54) is 21.9 Å². The molecule has 2 aromatic carbocycles. The van der Waals surface area contributed by atoms with Gasteiger partial charge in [-0.1, -0.05) is 36.4 Å². The first-order chi connectivity index (χ1) is 8.74. The molecule has 92 valence electrons. The second-order valence-electron chi connectivity index (χ2n) is 5.08. The quantitative estimate of drug-likeness (QED) is 0.854. The Morgan fingerprint density at radius 2 is 2.06 bits per heavy atom. The molecule has 1 aliphatic rings. The monoisotopic (exact) mass is 238 g/mol. The Balaban J connectivity index is 1.95. The van der Waals surface area contributed by atoms with Crippen LogP contribution in [0.3, 0.4) is 0 Å². The van der Waals surface area contributed by atoms with Gasteiger partial charge in [-0.3, -0.25) is 4.99 Å². The number of fused-ring (bicyclic) bond motifs is 1. The highest BCUT2D eigenvalue weighted by atomic mass is 15.1. The number of aryl methyl sites for hydroxylation is 1. The molecule has 0 bridgehead atoms. The van der Waals surface area contributed by atoms with Crippen molar-refractivity contribution in [1.29, 1.82) is 0 Å². The van der Waals surface area contributed by atoms with Crippen molar-refractivity contribution in [2.24, 2.45) is 4.99 Å². The number of rotatable bonds is 2. The van der Waals surface area contributed by atoms with E-state index in [0.717, 1.165) is 18.8 Å². The number of nitrogens with one attached hydrogen (secondary N) is 1. The van der Waals surface area contributed by atoms with Gasteiger partial charge in [0.1, 0.15) is 5.84 Å². The van der Waals surface area contributed by atoms with E-state index in [0.29, 0.717) is 6.04 Å². The van der Waals surface area contributed by atoms with Crippen LogP contribution >= 0.6 is 0 Å². The Morgan fingerprint density at radius 1 is 1.22 bits per heavy atom. The molecule has 0 fully saturated rings. The van der Waals surface area contributed by atoms with E-state index < -0.39 is 0 Å². The molecule has 2 aromatic rings. The summed E-state index contributed by atoms with van der Waals surface area (Å²) in [6.07, 6.45) is 0.918. The molecule has 0 saturated carbocycles. The average molecular weight is 238 g/mol. The third-order valence-corrected chi connectivity index (χ3v) is 3.64. The highest BCUT2D eigenvalue weighted by Crippen LogP contribution is 2.22. The Bertz CT molecular complexity index is 614. The molecule has 0 saturated heterocycles. The summed E-state index contributed by atoms with van der Waals surface area (Å²) in [7, 11) is 0. The van der Waals surface area contributed by atoms with Crippen LogP contribution in [-0.4, -0.2) is 18.4 Å². The van der Waals surface area contributed by atoms with E-state index in [1.54, 1.807) is 0 Å².